The molecule has 16 nitrogen and oxygen atoms in total. The first-order chi connectivity index (χ1) is 34.7. The topological polar surface area (TPSA) is 195 Å². The van der Waals surface area contributed by atoms with Gasteiger partial charge in [0.25, 0.3) is 11.8 Å². The molecular formula is C52H46N10O6S3. The monoisotopic (exact) mass is 1000 g/mol. The third-order valence-corrected chi connectivity index (χ3v) is 14.4. The van der Waals surface area contributed by atoms with E-state index in [2.05, 4.69) is 73.0 Å². The van der Waals surface area contributed by atoms with Crippen molar-refractivity contribution in [2.45, 2.75) is 41.7 Å². The molecule has 5 aromatic carbocycles. The minimum absolute atomic E-state index is 0.0444. The Hall–Kier alpha value is -7.87. The number of tetrazole rings is 1. The van der Waals surface area contributed by atoms with Crippen molar-refractivity contribution in [2.75, 3.05) is 24.7 Å². The van der Waals surface area contributed by atoms with Crippen LogP contribution in [-0.2, 0) is 40.8 Å². The number of oxime groups is 1. The lowest BCUT2D eigenvalue weighted by Gasteiger charge is -2.49. The van der Waals surface area contributed by atoms with Crippen LogP contribution in [0.25, 0.3) is 0 Å². The van der Waals surface area contributed by atoms with Gasteiger partial charge in [0.1, 0.15) is 35.5 Å². The fourth-order valence-corrected chi connectivity index (χ4v) is 11.1. The van der Waals surface area contributed by atoms with Crippen molar-refractivity contribution in [1.29, 1.82) is 0 Å². The van der Waals surface area contributed by atoms with Gasteiger partial charge >= 0.3 is 5.97 Å². The minimum atomic E-state index is -1.04. The Morgan fingerprint density at radius 3 is 2.00 bits per heavy atom. The molecule has 0 spiro atoms. The van der Waals surface area contributed by atoms with E-state index >= 15 is 0 Å². The van der Waals surface area contributed by atoms with Gasteiger partial charge in [-0.15, -0.1) is 28.2 Å². The predicted octanol–water partition coefficient (Wildman–Crippen LogP) is 7.31. The predicted molar refractivity (Wildman–Crippen MR) is 273 cm³/mol. The van der Waals surface area contributed by atoms with Crippen LogP contribution in [0.15, 0.2) is 190 Å². The van der Waals surface area contributed by atoms with Crippen LogP contribution >= 0.6 is 34.9 Å². The number of fused-ring (bicyclic) bond motifs is 1. The third-order valence-electron chi connectivity index (χ3n) is 11.6. The van der Waals surface area contributed by atoms with Crippen LogP contribution in [0.2, 0.25) is 0 Å². The maximum atomic E-state index is 14.7. The largest absolute Gasteiger partial charge is 0.448 e. The fourth-order valence-electron chi connectivity index (χ4n) is 8.33. The summed E-state index contributed by atoms with van der Waals surface area (Å²) in [5, 5.41) is 29.1. The Morgan fingerprint density at radius 1 is 0.859 bits per heavy atom. The van der Waals surface area contributed by atoms with E-state index in [1.807, 2.05) is 115 Å². The van der Waals surface area contributed by atoms with Gasteiger partial charge in [0.15, 0.2) is 16.9 Å². The van der Waals surface area contributed by atoms with Crippen LogP contribution in [0.3, 0.4) is 0 Å². The number of nitrogens with zero attached hydrogens (tertiary/aromatic N) is 7. The summed E-state index contributed by atoms with van der Waals surface area (Å²) in [7, 11) is 1.33. The zero-order valence-corrected chi connectivity index (χ0v) is 40.8. The second-order valence-electron chi connectivity index (χ2n) is 16.1. The molecule has 2 unspecified atom stereocenters. The highest BCUT2D eigenvalue weighted by molar-refractivity contribution is 8.02. The van der Waals surface area contributed by atoms with Crippen LogP contribution in [0.4, 0.5) is 5.13 Å². The lowest BCUT2D eigenvalue weighted by molar-refractivity contribution is -0.154. The molecule has 19 heteroatoms. The molecule has 3 N–H and O–H groups in total. The minimum Gasteiger partial charge on any atom is -0.448 e. The normalized spacial score (nSPS) is 15.8. The summed E-state index contributed by atoms with van der Waals surface area (Å²) >= 11 is 3.88. The second-order valence-corrected chi connectivity index (χ2v) is 18.9. The lowest BCUT2D eigenvalue weighted by atomic mass is 9.77. The van der Waals surface area contributed by atoms with Gasteiger partial charge in [-0.1, -0.05) is 169 Å². The molecule has 0 radical (unpaired) electrons. The second kappa shape index (κ2) is 22.3. The van der Waals surface area contributed by atoms with Crippen LogP contribution < -0.4 is 16.0 Å². The summed E-state index contributed by atoms with van der Waals surface area (Å²) in [5.41, 5.74) is 4.15. The number of allylic oxidation sites excluding steroid dienone is 1. The first-order valence-electron chi connectivity index (χ1n) is 22.4. The molecule has 1 fully saturated rings. The number of amides is 3. The number of aromatic nitrogens is 5. The molecule has 1 saturated heterocycles. The molecular weight excluding hydrogens is 957 g/mol. The molecule has 0 saturated carbocycles. The van der Waals surface area contributed by atoms with Gasteiger partial charge in [-0.2, -0.15) is 0 Å². The van der Waals surface area contributed by atoms with E-state index in [9.17, 15) is 19.2 Å². The Morgan fingerprint density at radius 2 is 1.44 bits per heavy atom. The smallest absolute Gasteiger partial charge is 0.356 e. The molecule has 3 amide bonds. The highest BCUT2D eigenvalue weighted by Crippen LogP contribution is 2.43. The molecule has 2 aliphatic heterocycles. The average molecular weight is 1000 g/mol. The number of rotatable bonds is 19. The highest BCUT2D eigenvalue weighted by Gasteiger charge is 2.55. The average Bonchev–Trinajstić information content (AvgIpc) is 4.08. The van der Waals surface area contributed by atoms with E-state index in [0.717, 1.165) is 27.8 Å². The molecule has 358 valence electrons. The number of carbonyl (C=O) groups is 4. The Balaban J connectivity index is 0.981. The summed E-state index contributed by atoms with van der Waals surface area (Å²) < 4.78 is 7.90. The summed E-state index contributed by atoms with van der Waals surface area (Å²) in [6.45, 7) is 2.10. The standard InChI is InChI=1S/C52H46N10O6S3/c1-34(63)53-29-30-61-51(57-59-60-61)69-31-28-37-32-70-48-43(47(65)62(48)44(37)49(66)68-45(35-18-8-3-9-19-35)36-20-10-4-11-21-36)55-46(64)42(58-67-2)41-33-71-50(54-41)56-52(38-22-12-5-13-23-38,39-24-14-6-15-25-39)40-26-16-7-17-27-40/h3-28,31,33,43,45,48H,29-30,32H2,1-2H3,(H,53,63)(H,54,56)(H,55,64). The van der Waals surface area contributed by atoms with Gasteiger partial charge in [0.05, 0.1) is 6.54 Å². The van der Waals surface area contributed by atoms with Crippen molar-refractivity contribution in [2.24, 2.45) is 5.16 Å². The van der Waals surface area contributed by atoms with Crippen LogP contribution in [0, 0.1) is 0 Å². The van der Waals surface area contributed by atoms with Gasteiger partial charge in [-0.25, -0.2) is 14.5 Å². The van der Waals surface area contributed by atoms with E-state index in [-0.39, 0.29) is 28.8 Å². The van der Waals surface area contributed by atoms with Crippen LogP contribution in [0.5, 0.6) is 0 Å². The number of nitrogens with one attached hydrogen (secondary N) is 3. The number of carbonyl (C=O) groups excluding carboxylic acids is 4. The zero-order valence-electron chi connectivity index (χ0n) is 38.3. The fraction of sp³-hybridized carbons (Fsp3) is 0.173. The number of esters is 1. The quantitative estimate of drug-likeness (QED) is 0.0182. The summed E-state index contributed by atoms with van der Waals surface area (Å²) in [4.78, 5) is 66.3. The van der Waals surface area contributed by atoms with Crippen LogP contribution in [0.1, 0.15) is 46.5 Å². The van der Waals surface area contributed by atoms with E-state index in [1.54, 1.807) is 21.5 Å². The number of thiazole rings is 1. The third kappa shape index (κ3) is 10.5. The van der Waals surface area contributed by atoms with Crippen molar-refractivity contribution in [3.63, 3.8) is 0 Å². The van der Waals surface area contributed by atoms with Crippen molar-refractivity contribution in [3.8, 4) is 0 Å². The maximum Gasteiger partial charge on any atom is 0.356 e. The Labute approximate surface area is 421 Å². The first-order valence-corrected chi connectivity index (χ1v) is 25.2. The molecule has 71 heavy (non-hydrogen) atoms. The van der Waals surface area contributed by atoms with E-state index in [4.69, 9.17) is 14.6 Å². The van der Waals surface area contributed by atoms with Gasteiger partial charge < -0.3 is 25.5 Å². The van der Waals surface area contributed by atoms with Crippen LogP contribution in [-0.4, -0.2) is 90.3 Å². The molecule has 7 aromatic rings. The summed E-state index contributed by atoms with van der Waals surface area (Å²) in [6.07, 6.45) is 0.934. The van der Waals surface area contributed by atoms with E-state index in [1.165, 1.54) is 53.8 Å². The van der Waals surface area contributed by atoms with Crippen molar-refractivity contribution >= 4 is 69.4 Å². The van der Waals surface area contributed by atoms with Crippen molar-refractivity contribution < 1.29 is 28.8 Å². The van der Waals surface area contributed by atoms with Gasteiger partial charge in [0, 0.05) is 24.6 Å². The Kier molecular flexibility index (Phi) is 15.1. The molecule has 2 aromatic heterocycles. The SMILES string of the molecule is CON=C(C(=O)NC1C(=O)N2C(C(=O)OC(c3ccccc3)c3ccccc3)=C(C=CSc3nnnn3CCNC(C)=O)CSC12)c1csc(NC(c2ccccc2)(c2ccccc2)c2ccccc2)n1. The number of hydrogen-bond acceptors (Lipinski definition) is 15. The van der Waals surface area contributed by atoms with E-state index in [0.29, 0.717) is 29.0 Å². The number of hydrogen-bond donors (Lipinski definition) is 3. The first kappa shape index (κ1) is 48.2. The van der Waals surface area contributed by atoms with Gasteiger partial charge in [-0.05, 0) is 55.3 Å². The number of ether oxygens (including phenoxy) is 1. The molecule has 9 rings (SSSR count). The number of benzene rings is 5. The summed E-state index contributed by atoms with van der Waals surface area (Å²) in [5.74, 6) is -1.83. The van der Waals surface area contributed by atoms with Gasteiger partial charge in [-0.3, -0.25) is 19.3 Å². The molecule has 4 heterocycles. The molecule has 2 atom stereocenters. The number of anilines is 1. The Bertz CT molecular complexity index is 2950. The lowest BCUT2D eigenvalue weighted by Crippen LogP contribution is -2.71. The van der Waals surface area contributed by atoms with Crippen molar-refractivity contribution in [3.05, 3.63) is 213 Å². The number of thioether (sulfide) groups is 2. The van der Waals surface area contributed by atoms with E-state index < -0.39 is 40.8 Å². The zero-order chi connectivity index (χ0) is 49.2. The molecule has 0 aliphatic carbocycles. The maximum absolute atomic E-state index is 14.7. The number of β-lactam (4-membered cyclic amide) rings is 1. The van der Waals surface area contributed by atoms with Gasteiger partial charge in [0.2, 0.25) is 11.1 Å². The van der Waals surface area contributed by atoms with Crippen molar-refractivity contribution in [1.82, 2.24) is 40.7 Å². The molecule has 2 aliphatic rings. The summed E-state index contributed by atoms with van der Waals surface area (Å²) in [6, 6.07) is 47.9. The highest BCUT2D eigenvalue weighted by atomic mass is 32.2. The molecule has 0 bridgehead atoms.